The van der Waals surface area contributed by atoms with E-state index in [0.29, 0.717) is 10.6 Å². The molecule has 5 heteroatoms. The molecule has 1 aromatic carbocycles. The van der Waals surface area contributed by atoms with Crippen molar-refractivity contribution in [1.82, 2.24) is 4.98 Å². The van der Waals surface area contributed by atoms with Crippen LogP contribution in [0.25, 0.3) is 10.6 Å². The maximum Gasteiger partial charge on any atom is 0.515 e. The molecule has 2 aromatic rings. The molecular weight excluding hydrogens is 269 g/mol. The molecule has 0 aliphatic carbocycles. The van der Waals surface area contributed by atoms with E-state index in [2.05, 4.69) is 4.98 Å². The Hall–Kier alpha value is -1.17. The number of hydrogen-bond acceptors (Lipinski definition) is 4. The van der Waals surface area contributed by atoms with Crippen molar-refractivity contribution in [1.29, 1.82) is 0 Å². The van der Waals surface area contributed by atoms with Crippen molar-refractivity contribution < 1.29 is 16.2 Å². The van der Waals surface area contributed by atoms with E-state index < -0.39 is 24.4 Å². The highest BCUT2D eigenvalue weighted by atomic mass is 32.1. The van der Waals surface area contributed by atoms with Crippen LogP contribution in [0.4, 0.5) is 0 Å². The van der Waals surface area contributed by atoms with Gasteiger partial charge in [0.05, 0.1) is 23.6 Å². The van der Waals surface area contributed by atoms with Gasteiger partial charge in [0.1, 0.15) is 5.01 Å². The van der Waals surface area contributed by atoms with Gasteiger partial charge in [-0.3, -0.25) is 0 Å². The molecule has 1 saturated heterocycles. The molecule has 1 fully saturated rings. The molecule has 1 aliphatic rings. The van der Waals surface area contributed by atoms with E-state index in [1.54, 1.807) is 5.38 Å². The van der Waals surface area contributed by atoms with Crippen molar-refractivity contribution in [3.8, 4) is 10.6 Å². The van der Waals surface area contributed by atoms with Crippen molar-refractivity contribution in [2.75, 3.05) is 0 Å². The number of thiazole rings is 1. The second-order valence-corrected chi connectivity index (χ2v) is 6.52. The third kappa shape index (κ3) is 2.30. The average Bonchev–Trinajstić information content (AvgIpc) is 3.07. The number of aromatic nitrogens is 1. The second-order valence-electron chi connectivity index (χ2n) is 5.67. The Kier molecular flexibility index (Phi) is 2.10. The minimum Gasteiger partial charge on any atom is -0.398 e. The summed E-state index contributed by atoms with van der Waals surface area (Å²) in [7, 11) is -0.653. The highest BCUT2D eigenvalue weighted by Crippen LogP contribution is 2.36. The van der Waals surface area contributed by atoms with Gasteiger partial charge in [0, 0.05) is 10.9 Å². The quantitative estimate of drug-likeness (QED) is 0.797. The van der Waals surface area contributed by atoms with Crippen molar-refractivity contribution in [3.63, 3.8) is 0 Å². The van der Waals surface area contributed by atoms with Gasteiger partial charge in [-0.25, -0.2) is 4.98 Å². The van der Waals surface area contributed by atoms with Gasteiger partial charge in [0.15, 0.2) is 0 Å². The van der Waals surface area contributed by atoms with Crippen LogP contribution in [-0.2, 0) is 9.31 Å². The second kappa shape index (κ2) is 4.69. The van der Waals surface area contributed by atoms with Gasteiger partial charge in [-0.15, -0.1) is 11.3 Å². The van der Waals surface area contributed by atoms with Crippen LogP contribution in [0.1, 0.15) is 34.5 Å². The van der Waals surface area contributed by atoms with Crippen LogP contribution >= 0.6 is 11.3 Å². The van der Waals surface area contributed by atoms with Crippen molar-refractivity contribution in [2.45, 2.75) is 38.9 Å². The Labute approximate surface area is 131 Å². The van der Waals surface area contributed by atoms with Gasteiger partial charge in [-0.2, -0.15) is 0 Å². The molecule has 0 amide bonds. The van der Waals surface area contributed by atoms with Crippen LogP contribution in [0.2, 0.25) is 0 Å². The number of benzene rings is 1. The Bertz CT molecular complexity index is 810. The fraction of sp³-hybridized carbons (Fsp3) is 0.400. The average molecular weight is 292 g/mol. The van der Waals surface area contributed by atoms with Crippen LogP contribution in [-0.4, -0.2) is 23.3 Å². The van der Waals surface area contributed by atoms with Gasteiger partial charge >= 0.3 is 7.12 Å². The predicted octanol–water partition coefficient (Wildman–Crippen LogP) is 3.11. The van der Waals surface area contributed by atoms with Gasteiger partial charge in [0.25, 0.3) is 0 Å². The van der Waals surface area contributed by atoms with Crippen molar-refractivity contribution in [3.05, 3.63) is 35.6 Å². The Morgan fingerprint density at radius 1 is 1.10 bits per heavy atom. The van der Waals surface area contributed by atoms with E-state index in [1.807, 2.05) is 27.7 Å². The fourth-order valence-corrected chi connectivity index (χ4v) is 2.60. The normalized spacial score (nSPS) is 23.8. The highest BCUT2D eigenvalue weighted by Gasteiger charge is 2.52. The molecule has 3 rings (SSSR count). The van der Waals surface area contributed by atoms with Crippen molar-refractivity contribution in [2.24, 2.45) is 0 Å². The SMILES string of the molecule is [2H]c1c([2H])c([2H])c(-c2nc(B3OC(C)(C)C(C)(C)O3)cs2)c([2H])c1[2H]. The first-order chi connectivity index (χ1) is 11.5. The molecule has 3 nitrogen and oxygen atoms in total. The Morgan fingerprint density at radius 2 is 1.70 bits per heavy atom. The molecular formula is C15H18BNO2S. The van der Waals surface area contributed by atoms with E-state index in [-0.39, 0.29) is 29.7 Å². The van der Waals surface area contributed by atoms with E-state index in [9.17, 15) is 0 Å². The summed E-state index contributed by atoms with van der Waals surface area (Å²) in [4.78, 5) is 4.43. The van der Waals surface area contributed by atoms with E-state index >= 15 is 0 Å². The molecule has 0 unspecified atom stereocenters. The lowest BCUT2D eigenvalue weighted by Crippen LogP contribution is -2.41. The summed E-state index contributed by atoms with van der Waals surface area (Å²) >= 11 is 1.20. The molecule has 0 N–H and O–H groups in total. The maximum absolute atomic E-state index is 8.05. The molecule has 0 radical (unpaired) electrons. The number of hydrogen-bond donors (Lipinski definition) is 0. The topological polar surface area (TPSA) is 31.4 Å². The minimum atomic E-state index is -0.653. The summed E-state index contributed by atoms with van der Waals surface area (Å²) in [6.45, 7) is 7.76. The molecule has 0 bridgehead atoms. The lowest BCUT2D eigenvalue weighted by atomic mass is 9.86. The van der Waals surface area contributed by atoms with Crippen LogP contribution < -0.4 is 5.59 Å². The summed E-state index contributed by atoms with van der Waals surface area (Å²) in [5, 5.41) is 2.08. The molecule has 104 valence electrons. The minimum absolute atomic E-state index is 0.0961. The van der Waals surface area contributed by atoms with Crippen molar-refractivity contribution >= 4 is 24.0 Å². The summed E-state index contributed by atoms with van der Waals surface area (Å²) in [6, 6.07) is -1.69. The van der Waals surface area contributed by atoms with Crippen LogP contribution in [0, 0.1) is 0 Å². The van der Waals surface area contributed by atoms with E-state index in [4.69, 9.17) is 16.2 Å². The van der Waals surface area contributed by atoms with Gasteiger partial charge in [-0.1, -0.05) is 30.2 Å². The summed E-state index contributed by atoms with van der Waals surface area (Å²) in [5.74, 6) is 0. The van der Waals surface area contributed by atoms with Crippen LogP contribution in [0.5, 0.6) is 0 Å². The summed E-state index contributed by atoms with van der Waals surface area (Å²) in [6.07, 6.45) is 0. The third-order valence-corrected chi connectivity index (χ3v) is 4.61. The Morgan fingerprint density at radius 3 is 2.30 bits per heavy atom. The zero-order valence-electron chi connectivity index (χ0n) is 16.8. The predicted molar refractivity (Wildman–Crippen MR) is 83.3 cm³/mol. The number of nitrogens with zero attached hydrogens (tertiary/aromatic N) is 1. The first-order valence-electron chi connectivity index (χ1n) is 8.84. The van der Waals surface area contributed by atoms with Gasteiger partial charge < -0.3 is 9.31 Å². The molecule has 0 saturated carbocycles. The fourth-order valence-electron chi connectivity index (χ4n) is 1.83. The highest BCUT2D eigenvalue weighted by molar-refractivity contribution is 7.14. The van der Waals surface area contributed by atoms with Gasteiger partial charge in [-0.05, 0) is 27.7 Å². The van der Waals surface area contributed by atoms with Crippen LogP contribution in [0.3, 0.4) is 0 Å². The lowest BCUT2D eigenvalue weighted by Gasteiger charge is -2.32. The lowest BCUT2D eigenvalue weighted by molar-refractivity contribution is 0.00578. The molecule has 20 heavy (non-hydrogen) atoms. The standard InChI is InChI=1S/C15H18BNO2S/c1-14(2)15(3,4)19-16(18-14)12-10-20-13(17-12)11-8-6-5-7-9-11/h5-10H,1-4H3/i5D,6D,7D,8D,9D. The summed E-state index contributed by atoms with van der Waals surface area (Å²) in [5.41, 5.74) is -0.375. The molecule has 1 aliphatic heterocycles. The van der Waals surface area contributed by atoms with E-state index in [0.717, 1.165) is 0 Å². The molecule has 0 spiro atoms. The van der Waals surface area contributed by atoms with Crippen LogP contribution in [0.15, 0.2) is 35.6 Å². The zero-order valence-corrected chi connectivity index (χ0v) is 12.6. The molecule has 1 aromatic heterocycles. The Balaban J connectivity index is 2.02. The third-order valence-electron chi connectivity index (χ3n) is 3.73. The first-order valence-corrected chi connectivity index (χ1v) is 7.22. The summed E-state index contributed by atoms with van der Waals surface area (Å²) < 4.78 is 51.2. The molecule has 0 atom stereocenters. The smallest absolute Gasteiger partial charge is 0.398 e. The molecule has 2 heterocycles. The number of rotatable bonds is 2. The zero-order chi connectivity index (χ0) is 18.7. The van der Waals surface area contributed by atoms with Gasteiger partial charge in [0.2, 0.25) is 0 Å². The monoisotopic (exact) mass is 292 g/mol. The first kappa shape index (κ1) is 8.98. The maximum atomic E-state index is 8.05. The largest absolute Gasteiger partial charge is 0.515 e. The van der Waals surface area contributed by atoms with E-state index in [1.165, 1.54) is 11.3 Å².